The number of hydrogen-bond acceptors (Lipinski definition) is 1. The van der Waals surface area contributed by atoms with Gasteiger partial charge in [0.15, 0.2) is 5.91 Å². The summed E-state index contributed by atoms with van der Waals surface area (Å²) in [6.45, 7) is 6.19. The van der Waals surface area contributed by atoms with Gasteiger partial charge in [0, 0.05) is 45.8 Å². The molecule has 0 aliphatic carbocycles. The van der Waals surface area contributed by atoms with Gasteiger partial charge in [0.1, 0.15) is 0 Å². The van der Waals surface area contributed by atoms with Crippen molar-refractivity contribution in [2.75, 3.05) is 13.1 Å². The Morgan fingerprint density at radius 1 is 1.38 bits per heavy atom. The van der Waals surface area contributed by atoms with Gasteiger partial charge in [-0.15, -0.1) is 6.08 Å². The Morgan fingerprint density at radius 3 is 2.56 bits per heavy atom. The van der Waals surface area contributed by atoms with E-state index in [0.29, 0.717) is 5.92 Å². The van der Waals surface area contributed by atoms with Crippen LogP contribution in [-0.4, -0.2) is 23.9 Å². The van der Waals surface area contributed by atoms with Crippen molar-refractivity contribution in [3.8, 4) is 0 Å². The number of carbonyl (C=O) groups excluding carboxylic acids is 1. The van der Waals surface area contributed by atoms with Gasteiger partial charge in [0.05, 0.1) is 0 Å². The molecule has 1 aliphatic rings. The summed E-state index contributed by atoms with van der Waals surface area (Å²) in [6, 6.07) is 0. The summed E-state index contributed by atoms with van der Waals surface area (Å²) in [6.07, 6.45) is 10.4. The van der Waals surface area contributed by atoms with Crippen LogP contribution in [0.25, 0.3) is 0 Å². The normalized spacial score (nSPS) is 18.0. The van der Waals surface area contributed by atoms with Crippen molar-refractivity contribution >= 4 is 5.91 Å². The molecule has 0 N–H and O–H groups in total. The van der Waals surface area contributed by atoms with E-state index in [1.54, 1.807) is 6.08 Å². The summed E-state index contributed by atoms with van der Waals surface area (Å²) in [4.78, 5) is 13.6. The summed E-state index contributed by atoms with van der Waals surface area (Å²) in [7, 11) is 0. The van der Waals surface area contributed by atoms with E-state index in [1.165, 1.54) is 6.42 Å². The quantitative estimate of drug-likeness (QED) is 0.577. The Morgan fingerprint density at radius 2 is 2.00 bits per heavy atom. The number of carbonyl (C=O) groups is 1. The third kappa shape index (κ3) is 6.05. The van der Waals surface area contributed by atoms with Gasteiger partial charge in [0.2, 0.25) is 0 Å². The van der Waals surface area contributed by atoms with Crippen LogP contribution in [0.15, 0.2) is 12.2 Å². The first-order valence-corrected chi connectivity index (χ1v) is 6.04. The second-order valence-electron chi connectivity index (χ2n) is 4.32. The Labute approximate surface area is 125 Å². The monoisotopic (exact) mass is 297 g/mol. The van der Waals surface area contributed by atoms with Crippen LogP contribution in [0.4, 0.5) is 0 Å². The van der Waals surface area contributed by atoms with Crippen molar-refractivity contribution in [1.29, 1.82) is 0 Å². The summed E-state index contributed by atoms with van der Waals surface area (Å²) in [5.74, 6) is 0.740. The van der Waals surface area contributed by atoms with E-state index in [9.17, 15) is 4.79 Å². The van der Waals surface area contributed by atoms with Crippen molar-refractivity contribution in [3.05, 3.63) is 18.6 Å². The second kappa shape index (κ2) is 9.24. The van der Waals surface area contributed by atoms with E-state index in [1.807, 2.05) is 11.0 Å². The van der Waals surface area contributed by atoms with E-state index in [4.69, 9.17) is 0 Å². The Balaban J connectivity index is 0.00000225. The van der Waals surface area contributed by atoms with Crippen LogP contribution < -0.4 is 0 Å². The van der Waals surface area contributed by atoms with E-state index < -0.39 is 0 Å². The zero-order valence-corrected chi connectivity index (χ0v) is 13.3. The van der Waals surface area contributed by atoms with Gasteiger partial charge >= 0.3 is 0 Å². The van der Waals surface area contributed by atoms with Crippen LogP contribution >= 0.6 is 0 Å². The number of hydrogen-bond donors (Lipinski definition) is 0. The molecule has 0 aromatic carbocycles. The summed E-state index contributed by atoms with van der Waals surface area (Å²) in [5, 5.41) is 0. The summed E-state index contributed by atoms with van der Waals surface area (Å²) < 4.78 is 0. The molecule has 89 valence electrons. The number of piperidine rings is 1. The number of nitrogens with zero attached hydrogens (tertiary/aromatic N) is 1. The SMILES string of the molecule is CCC(C)[CH-]/C=C/C(=O)N1CCCCC1.[Y]. The van der Waals surface area contributed by atoms with Crippen molar-refractivity contribution < 1.29 is 37.5 Å². The maximum atomic E-state index is 11.7. The molecule has 16 heavy (non-hydrogen) atoms. The zero-order valence-electron chi connectivity index (χ0n) is 10.5. The van der Waals surface area contributed by atoms with Crippen molar-refractivity contribution in [2.45, 2.75) is 39.5 Å². The van der Waals surface area contributed by atoms with Gasteiger partial charge in [0.25, 0.3) is 0 Å². The number of rotatable bonds is 4. The van der Waals surface area contributed by atoms with Crippen molar-refractivity contribution in [1.82, 2.24) is 4.90 Å². The fourth-order valence-corrected chi connectivity index (χ4v) is 1.68. The molecule has 1 radical (unpaired) electrons. The van der Waals surface area contributed by atoms with E-state index in [-0.39, 0.29) is 38.6 Å². The first kappa shape index (κ1) is 16.2. The average molecular weight is 297 g/mol. The van der Waals surface area contributed by atoms with E-state index in [0.717, 1.165) is 32.4 Å². The maximum Gasteiger partial charge on any atom is 0.165 e. The fourth-order valence-electron chi connectivity index (χ4n) is 1.68. The van der Waals surface area contributed by atoms with Crippen LogP contribution in [0.5, 0.6) is 0 Å². The molecule has 3 heteroatoms. The first-order valence-electron chi connectivity index (χ1n) is 6.04. The molecule has 1 fully saturated rings. The van der Waals surface area contributed by atoms with Crippen molar-refractivity contribution in [3.63, 3.8) is 0 Å². The third-order valence-electron chi connectivity index (χ3n) is 2.99. The topological polar surface area (TPSA) is 20.3 Å². The Bertz CT molecular complexity index is 222. The van der Waals surface area contributed by atoms with Gasteiger partial charge in [-0.3, -0.25) is 4.79 Å². The largest absolute Gasteiger partial charge is 0.354 e. The van der Waals surface area contributed by atoms with Gasteiger partial charge in [-0.2, -0.15) is 0 Å². The maximum absolute atomic E-state index is 11.7. The second-order valence-corrected chi connectivity index (χ2v) is 4.32. The molecular weight excluding hydrogens is 275 g/mol. The molecule has 1 unspecified atom stereocenters. The minimum atomic E-state index is 0. The minimum absolute atomic E-state index is 0. The Hall–Kier alpha value is 0.184. The molecule has 0 aromatic rings. The predicted molar refractivity (Wildman–Crippen MR) is 63.3 cm³/mol. The van der Waals surface area contributed by atoms with Crippen LogP contribution in [0, 0.1) is 12.3 Å². The molecule has 1 saturated heterocycles. The number of likely N-dealkylation sites (tertiary alicyclic amines) is 1. The average Bonchev–Trinajstić information content (AvgIpc) is 2.29. The van der Waals surface area contributed by atoms with Crippen LogP contribution in [-0.2, 0) is 37.5 Å². The molecule has 0 spiro atoms. The molecule has 1 atom stereocenters. The molecule has 2 nitrogen and oxygen atoms in total. The standard InChI is InChI=1S/C13H22NO.Y/c1-3-12(2)8-7-9-13(15)14-10-5-4-6-11-14;/h7-9,12H,3-6,10-11H2,1-2H3;/q-1;/b9-7+;. The van der Waals surface area contributed by atoms with Gasteiger partial charge in [-0.05, 0) is 19.3 Å². The minimum Gasteiger partial charge on any atom is -0.354 e. The van der Waals surface area contributed by atoms with Gasteiger partial charge in [-0.25, -0.2) is 12.5 Å². The molecular formula is C13H22NOY-. The van der Waals surface area contributed by atoms with Gasteiger partial charge in [-0.1, -0.05) is 26.2 Å². The predicted octanol–water partition coefficient (Wildman–Crippen LogP) is 2.80. The van der Waals surface area contributed by atoms with E-state index >= 15 is 0 Å². The third-order valence-corrected chi connectivity index (χ3v) is 2.99. The van der Waals surface area contributed by atoms with Gasteiger partial charge < -0.3 is 4.90 Å². The number of amides is 1. The first-order chi connectivity index (χ1) is 7.24. The molecule has 0 saturated carbocycles. The molecule has 0 bridgehead atoms. The molecule has 1 heterocycles. The summed E-state index contributed by atoms with van der Waals surface area (Å²) >= 11 is 0. The molecule has 0 aromatic heterocycles. The van der Waals surface area contributed by atoms with Crippen molar-refractivity contribution in [2.24, 2.45) is 5.92 Å². The number of allylic oxidation sites excluding steroid dienone is 1. The Kier molecular flexibility index (Phi) is 9.34. The molecule has 1 aliphatic heterocycles. The summed E-state index contributed by atoms with van der Waals surface area (Å²) in [5.41, 5.74) is 0. The van der Waals surface area contributed by atoms with Crippen LogP contribution in [0.1, 0.15) is 39.5 Å². The zero-order chi connectivity index (χ0) is 11.1. The fraction of sp³-hybridized carbons (Fsp3) is 0.692. The molecule has 1 rings (SSSR count). The smallest absolute Gasteiger partial charge is 0.165 e. The van der Waals surface area contributed by atoms with Crippen LogP contribution in [0.2, 0.25) is 0 Å². The molecule has 1 amide bonds. The van der Waals surface area contributed by atoms with Crippen LogP contribution in [0.3, 0.4) is 0 Å². The van der Waals surface area contributed by atoms with E-state index in [2.05, 4.69) is 20.3 Å².